The summed E-state index contributed by atoms with van der Waals surface area (Å²) in [5.41, 5.74) is -1.53. The van der Waals surface area contributed by atoms with Crippen LogP contribution < -0.4 is 10.2 Å². The van der Waals surface area contributed by atoms with Crippen LogP contribution in [0, 0.1) is 15.9 Å². The predicted octanol–water partition coefficient (Wildman–Crippen LogP) is 2.43. The quantitative estimate of drug-likeness (QED) is 0.485. The molecule has 8 heteroatoms. The Morgan fingerprint density at radius 2 is 1.82 bits per heavy atom. The molecule has 0 amide bonds. The summed E-state index contributed by atoms with van der Waals surface area (Å²) in [5.74, 6) is -0.766. The molecule has 0 N–H and O–H groups in total. The van der Waals surface area contributed by atoms with Crippen molar-refractivity contribution in [2.75, 3.05) is 6.61 Å². The van der Waals surface area contributed by atoms with E-state index < -0.39 is 34.7 Å². The van der Waals surface area contributed by atoms with E-state index in [1.807, 2.05) is 27.7 Å². The molecule has 1 aliphatic heterocycles. The molecule has 0 aliphatic carbocycles. The lowest BCUT2D eigenvalue weighted by molar-refractivity contribution is -0.387. The highest BCUT2D eigenvalue weighted by molar-refractivity contribution is 6.63. The molecule has 1 aromatic rings. The van der Waals surface area contributed by atoms with Crippen molar-refractivity contribution in [2.24, 2.45) is 0 Å². The molecule has 0 spiro atoms. The van der Waals surface area contributed by atoms with Gasteiger partial charge in [0.15, 0.2) is 0 Å². The van der Waals surface area contributed by atoms with E-state index in [9.17, 15) is 14.5 Å². The third kappa shape index (κ3) is 2.80. The number of nitro groups is 1. The van der Waals surface area contributed by atoms with Crippen molar-refractivity contribution in [3.05, 3.63) is 28.1 Å². The molecule has 6 nitrogen and oxygen atoms in total. The van der Waals surface area contributed by atoms with E-state index in [2.05, 4.69) is 0 Å². The van der Waals surface area contributed by atoms with E-state index in [0.717, 1.165) is 12.1 Å². The van der Waals surface area contributed by atoms with Crippen LogP contribution in [0.3, 0.4) is 0 Å². The Bertz CT molecular complexity index is 589. The van der Waals surface area contributed by atoms with E-state index >= 15 is 0 Å². The van der Waals surface area contributed by atoms with Crippen LogP contribution in [0.4, 0.5) is 10.1 Å². The van der Waals surface area contributed by atoms with Crippen LogP contribution in [0.5, 0.6) is 5.75 Å². The first-order valence-corrected chi connectivity index (χ1v) is 7.05. The summed E-state index contributed by atoms with van der Waals surface area (Å²) in [6.45, 7) is 9.50. The maximum absolute atomic E-state index is 13.8. The van der Waals surface area contributed by atoms with Crippen molar-refractivity contribution in [3.63, 3.8) is 0 Å². The minimum Gasteiger partial charge on any atom is -0.494 e. The summed E-state index contributed by atoms with van der Waals surface area (Å²) in [6, 6.07) is 2.12. The number of halogens is 1. The Hall–Kier alpha value is -1.67. The third-order valence-corrected chi connectivity index (χ3v) is 4.08. The van der Waals surface area contributed by atoms with Crippen LogP contribution in [-0.4, -0.2) is 29.9 Å². The zero-order valence-corrected chi connectivity index (χ0v) is 13.3. The van der Waals surface area contributed by atoms with E-state index in [0.29, 0.717) is 12.1 Å². The zero-order valence-electron chi connectivity index (χ0n) is 13.3. The molecule has 0 atom stereocenters. The van der Waals surface area contributed by atoms with Gasteiger partial charge in [-0.25, -0.2) is 0 Å². The molecule has 1 fully saturated rings. The van der Waals surface area contributed by atoms with Crippen LogP contribution in [0.25, 0.3) is 0 Å². The molecule has 120 valence electrons. The average molecular weight is 311 g/mol. The van der Waals surface area contributed by atoms with Gasteiger partial charge in [0.2, 0.25) is 5.82 Å². The number of nitro benzene ring substituents is 1. The van der Waals surface area contributed by atoms with Crippen LogP contribution >= 0.6 is 0 Å². The number of hydrogen-bond acceptors (Lipinski definition) is 5. The zero-order chi connectivity index (χ0) is 16.7. The van der Waals surface area contributed by atoms with Gasteiger partial charge >= 0.3 is 12.8 Å². The highest BCUT2D eigenvalue weighted by atomic mass is 19.1. The minimum atomic E-state index is -0.950. The third-order valence-electron chi connectivity index (χ3n) is 4.08. The van der Waals surface area contributed by atoms with Gasteiger partial charge in [-0.2, -0.15) is 4.39 Å². The fourth-order valence-electron chi connectivity index (χ4n) is 2.13. The van der Waals surface area contributed by atoms with E-state index in [4.69, 9.17) is 14.0 Å². The standard InChI is InChI=1S/C14H19BFNO5/c1-6-20-12-8-10(16)11(17(18)19)7-9(12)15-21-13(2,3)14(4,5)22-15/h7-8H,6H2,1-5H3. The second-order valence-electron chi connectivity index (χ2n) is 6.12. The van der Waals surface area contributed by atoms with E-state index in [-0.39, 0.29) is 5.75 Å². The predicted molar refractivity (Wildman–Crippen MR) is 79.9 cm³/mol. The highest BCUT2D eigenvalue weighted by Gasteiger charge is 2.53. The van der Waals surface area contributed by atoms with Gasteiger partial charge < -0.3 is 14.0 Å². The number of benzene rings is 1. The summed E-state index contributed by atoms with van der Waals surface area (Å²) < 4.78 is 30.9. The molecule has 1 heterocycles. The second kappa shape index (κ2) is 5.51. The number of nitrogens with zero attached hydrogens (tertiary/aromatic N) is 1. The van der Waals surface area contributed by atoms with Crippen molar-refractivity contribution in [1.29, 1.82) is 0 Å². The monoisotopic (exact) mass is 311 g/mol. The fraction of sp³-hybridized carbons (Fsp3) is 0.571. The van der Waals surface area contributed by atoms with Crippen LogP contribution in [0.15, 0.2) is 12.1 Å². The van der Waals surface area contributed by atoms with Crippen molar-refractivity contribution >= 4 is 18.3 Å². The molecule has 1 saturated heterocycles. The fourth-order valence-corrected chi connectivity index (χ4v) is 2.13. The van der Waals surface area contributed by atoms with Gasteiger partial charge in [0, 0.05) is 17.6 Å². The summed E-state index contributed by atoms with van der Waals surface area (Å²) >= 11 is 0. The summed E-state index contributed by atoms with van der Waals surface area (Å²) in [4.78, 5) is 10.2. The van der Waals surface area contributed by atoms with Crippen molar-refractivity contribution < 1.29 is 23.4 Å². The van der Waals surface area contributed by atoms with Gasteiger partial charge in [0.1, 0.15) is 5.75 Å². The second-order valence-corrected chi connectivity index (χ2v) is 6.12. The molecule has 22 heavy (non-hydrogen) atoms. The van der Waals surface area contributed by atoms with Gasteiger partial charge in [-0.3, -0.25) is 10.1 Å². The topological polar surface area (TPSA) is 70.8 Å². The highest BCUT2D eigenvalue weighted by Crippen LogP contribution is 2.37. The SMILES string of the molecule is CCOc1cc(F)c([N+](=O)[O-])cc1B1OC(C)(C)C(C)(C)O1. The Morgan fingerprint density at radius 1 is 1.27 bits per heavy atom. The Balaban J connectivity index is 2.50. The Labute approximate surface area is 128 Å². The molecular formula is C14H19BFNO5. The first-order chi connectivity index (χ1) is 10.1. The summed E-state index contributed by atoms with van der Waals surface area (Å²) in [5, 5.41) is 11.0. The molecular weight excluding hydrogens is 292 g/mol. The normalized spacial score (nSPS) is 19.3. The van der Waals surface area contributed by atoms with Crippen molar-refractivity contribution in [3.8, 4) is 5.75 Å². The number of rotatable bonds is 4. The molecule has 1 aliphatic rings. The van der Waals surface area contributed by atoms with Gasteiger partial charge in [-0.05, 0) is 34.6 Å². The number of hydrogen-bond donors (Lipinski definition) is 0. The maximum atomic E-state index is 13.8. The largest absolute Gasteiger partial charge is 0.498 e. The smallest absolute Gasteiger partial charge is 0.494 e. The Morgan fingerprint density at radius 3 is 2.27 bits per heavy atom. The molecule has 0 aromatic heterocycles. The van der Waals surface area contributed by atoms with Crippen molar-refractivity contribution in [2.45, 2.75) is 45.8 Å². The molecule has 0 radical (unpaired) electrons. The average Bonchev–Trinajstić information content (AvgIpc) is 2.58. The molecule has 0 unspecified atom stereocenters. The molecule has 2 rings (SSSR count). The lowest BCUT2D eigenvalue weighted by Crippen LogP contribution is -2.41. The van der Waals surface area contributed by atoms with Crippen LogP contribution in [0.2, 0.25) is 0 Å². The molecule has 1 aromatic carbocycles. The summed E-state index contributed by atoms with van der Waals surface area (Å²) in [7, 11) is -0.856. The van der Waals surface area contributed by atoms with E-state index in [1.165, 1.54) is 0 Å². The van der Waals surface area contributed by atoms with E-state index in [1.54, 1.807) is 6.92 Å². The molecule has 0 bridgehead atoms. The van der Waals surface area contributed by atoms with Gasteiger partial charge in [0.05, 0.1) is 22.7 Å². The van der Waals surface area contributed by atoms with Crippen LogP contribution in [0.1, 0.15) is 34.6 Å². The van der Waals surface area contributed by atoms with Gasteiger partial charge in [-0.15, -0.1) is 0 Å². The lowest BCUT2D eigenvalue weighted by atomic mass is 9.78. The Kier molecular flexibility index (Phi) is 4.19. The van der Waals surface area contributed by atoms with Crippen molar-refractivity contribution in [1.82, 2.24) is 0 Å². The molecule has 0 saturated carbocycles. The van der Waals surface area contributed by atoms with Gasteiger partial charge in [-0.1, -0.05) is 0 Å². The maximum Gasteiger partial charge on any atom is 0.498 e. The first kappa shape index (κ1) is 16.7. The van der Waals surface area contributed by atoms with Crippen LogP contribution in [-0.2, 0) is 9.31 Å². The van der Waals surface area contributed by atoms with Gasteiger partial charge in [0.25, 0.3) is 0 Å². The first-order valence-electron chi connectivity index (χ1n) is 7.05. The lowest BCUT2D eigenvalue weighted by Gasteiger charge is -2.32. The summed E-state index contributed by atoms with van der Waals surface area (Å²) in [6.07, 6.45) is 0. The number of ether oxygens (including phenoxy) is 1. The minimum absolute atomic E-state index is 0.184.